The molecule has 3 heteroatoms. The maximum absolute atomic E-state index is 6.28. The Balaban J connectivity index is 1.61. The van der Waals surface area contributed by atoms with E-state index in [1.165, 1.54) is 34.0 Å². The number of hydrogen-bond donors (Lipinski definition) is 2. The highest BCUT2D eigenvalue weighted by Gasteiger charge is 2.33. The third kappa shape index (κ3) is 3.17. The summed E-state index contributed by atoms with van der Waals surface area (Å²) in [6.45, 7) is 0. The molecule has 0 spiro atoms. The molecule has 2 aliphatic heterocycles. The van der Waals surface area contributed by atoms with Gasteiger partial charge in [0.25, 0.3) is 0 Å². The lowest BCUT2D eigenvalue weighted by molar-refractivity contribution is 0.217. The van der Waals surface area contributed by atoms with Crippen molar-refractivity contribution in [2.75, 3.05) is 5.73 Å². The topological polar surface area (TPSA) is 38.0 Å². The summed E-state index contributed by atoms with van der Waals surface area (Å²) < 4.78 is 1.17. The second-order valence-electron chi connectivity index (χ2n) is 7.03. The largest absolute Gasteiger partial charge is 0.398 e. The molecule has 3 N–H and O–H groups in total. The van der Waals surface area contributed by atoms with Crippen LogP contribution in [-0.4, -0.2) is 12.1 Å². The van der Waals surface area contributed by atoms with E-state index in [2.05, 4.69) is 63.7 Å². The number of nitrogen functional groups attached to an aromatic ring is 1. The fraction of sp³-hybridized carbons (Fsp3) is 0.400. The Morgan fingerprint density at radius 1 is 1.09 bits per heavy atom. The second kappa shape index (κ2) is 6.29. The summed E-state index contributed by atoms with van der Waals surface area (Å²) in [5.74, 6) is 0.675. The van der Waals surface area contributed by atoms with Crippen LogP contribution in [0, 0.1) is 5.92 Å². The van der Waals surface area contributed by atoms with Crippen molar-refractivity contribution in [1.82, 2.24) is 5.32 Å². The number of anilines is 1. The number of nitrogens with one attached hydrogen (secondary N) is 1. The van der Waals surface area contributed by atoms with Gasteiger partial charge in [-0.05, 0) is 72.9 Å². The van der Waals surface area contributed by atoms with Crippen LogP contribution in [0.25, 0.3) is 0 Å². The Labute approximate surface area is 146 Å². The van der Waals surface area contributed by atoms with Gasteiger partial charge in [0.05, 0.1) is 0 Å². The predicted molar refractivity (Wildman–Crippen MR) is 99.5 cm³/mol. The maximum atomic E-state index is 6.28. The highest BCUT2D eigenvalue weighted by Crippen LogP contribution is 2.34. The van der Waals surface area contributed by atoms with Crippen molar-refractivity contribution in [3.63, 3.8) is 0 Å². The van der Waals surface area contributed by atoms with E-state index in [9.17, 15) is 0 Å². The molecule has 0 aromatic heterocycles. The van der Waals surface area contributed by atoms with Gasteiger partial charge in [0.15, 0.2) is 0 Å². The van der Waals surface area contributed by atoms with Gasteiger partial charge in [-0.25, -0.2) is 0 Å². The molecular formula is C20H23BrN2. The molecule has 0 amide bonds. The number of hydrogen-bond acceptors (Lipinski definition) is 2. The average molecular weight is 371 g/mol. The van der Waals surface area contributed by atoms with Crippen LogP contribution in [0.3, 0.4) is 0 Å². The summed E-state index contributed by atoms with van der Waals surface area (Å²) in [5.41, 5.74) is 11.5. The Hall–Kier alpha value is -1.32. The molecule has 5 rings (SSSR count). The van der Waals surface area contributed by atoms with Crippen LogP contribution in [0.4, 0.5) is 5.69 Å². The number of nitrogens with two attached hydrogens (primary N) is 1. The van der Waals surface area contributed by atoms with Crippen LogP contribution >= 0.6 is 15.9 Å². The maximum Gasteiger partial charge on any atom is 0.0349 e. The number of fused-ring (bicyclic) bond motifs is 2. The van der Waals surface area contributed by atoms with E-state index in [1.807, 2.05) is 0 Å². The molecule has 0 saturated carbocycles. The van der Waals surface area contributed by atoms with E-state index in [1.54, 1.807) is 0 Å². The Bertz CT molecular complexity index is 713. The molecule has 3 aliphatic rings. The van der Waals surface area contributed by atoms with Crippen LogP contribution in [0.1, 0.15) is 29.5 Å². The third-order valence-corrected chi connectivity index (χ3v) is 5.98. The molecule has 2 aromatic carbocycles. The summed E-state index contributed by atoms with van der Waals surface area (Å²) in [6, 6.07) is 16.3. The average Bonchev–Trinajstić information content (AvgIpc) is 2.49. The van der Waals surface area contributed by atoms with Crippen molar-refractivity contribution in [2.45, 2.75) is 44.2 Å². The molecule has 23 heavy (non-hydrogen) atoms. The molecule has 2 aromatic rings. The lowest BCUT2D eigenvalue weighted by Crippen LogP contribution is -2.51. The van der Waals surface area contributed by atoms with Gasteiger partial charge in [-0.1, -0.05) is 40.2 Å². The third-order valence-electron chi connectivity index (χ3n) is 5.49. The van der Waals surface area contributed by atoms with Crippen molar-refractivity contribution in [1.29, 1.82) is 0 Å². The van der Waals surface area contributed by atoms with Gasteiger partial charge in [-0.3, -0.25) is 0 Å². The van der Waals surface area contributed by atoms with Crippen molar-refractivity contribution < 1.29 is 0 Å². The Morgan fingerprint density at radius 3 is 2.83 bits per heavy atom. The fourth-order valence-electron chi connectivity index (χ4n) is 4.31. The van der Waals surface area contributed by atoms with Crippen LogP contribution in [0.5, 0.6) is 0 Å². The summed E-state index contributed by atoms with van der Waals surface area (Å²) in [6.07, 6.45) is 5.92. The second-order valence-corrected chi connectivity index (χ2v) is 7.95. The molecular weight excluding hydrogens is 348 g/mol. The van der Waals surface area contributed by atoms with Crippen molar-refractivity contribution in [3.05, 3.63) is 63.6 Å². The molecule has 3 atom stereocenters. The highest BCUT2D eigenvalue weighted by molar-refractivity contribution is 9.10. The number of piperidine rings is 1. The summed E-state index contributed by atoms with van der Waals surface area (Å²) >= 11 is 3.59. The number of rotatable bonds is 2. The molecule has 0 unspecified atom stereocenters. The summed E-state index contributed by atoms with van der Waals surface area (Å²) in [5, 5.41) is 3.93. The SMILES string of the molecule is Nc1cccc2c1C[C@@H]1CC[C@H](C2)N[C@H]1Cc1cccc(Br)c1. The first-order valence-corrected chi connectivity index (χ1v) is 9.35. The van der Waals surface area contributed by atoms with Gasteiger partial charge in [0.1, 0.15) is 0 Å². The van der Waals surface area contributed by atoms with E-state index in [-0.39, 0.29) is 0 Å². The quantitative estimate of drug-likeness (QED) is 0.780. The lowest BCUT2D eigenvalue weighted by Gasteiger charge is -2.41. The molecule has 2 nitrogen and oxygen atoms in total. The standard InChI is InChI=1S/C20H23BrN2/c21-16-5-1-3-13(9-16)10-20-15-7-8-17(23-20)11-14-4-2-6-19(22)18(14)12-15/h1-6,9,15,17,20,23H,7-8,10-12,22H2/t15-,17+,20-/m0/s1. The van der Waals surface area contributed by atoms with Gasteiger partial charge < -0.3 is 11.1 Å². The van der Waals surface area contributed by atoms with E-state index in [0.717, 1.165) is 24.9 Å². The minimum atomic E-state index is 0.552. The van der Waals surface area contributed by atoms with Crippen LogP contribution in [-0.2, 0) is 19.3 Å². The van der Waals surface area contributed by atoms with Crippen LogP contribution in [0.2, 0.25) is 0 Å². The van der Waals surface area contributed by atoms with Gasteiger partial charge in [-0.2, -0.15) is 0 Å². The van der Waals surface area contributed by atoms with E-state index >= 15 is 0 Å². The first-order valence-electron chi connectivity index (χ1n) is 8.56. The van der Waals surface area contributed by atoms with Crippen molar-refractivity contribution in [2.24, 2.45) is 5.92 Å². The van der Waals surface area contributed by atoms with Gasteiger partial charge in [0.2, 0.25) is 0 Å². The molecule has 1 fully saturated rings. The van der Waals surface area contributed by atoms with E-state index < -0.39 is 0 Å². The van der Waals surface area contributed by atoms with Crippen molar-refractivity contribution in [3.8, 4) is 0 Å². The monoisotopic (exact) mass is 370 g/mol. The first kappa shape index (κ1) is 15.2. The number of halogens is 1. The normalized spacial score (nSPS) is 26.4. The number of benzene rings is 2. The molecule has 1 saturated heterocycles. The molecule has 120 valence electrons. The van der Waals surface area contributed by atoms with E-state index in [0.29, 0.717) is 18.0 Å². The zero-order valence-electron chi connectivity index (χ0n) is 13.3. The fourth-order valence-corrected chi connectivity index (χ4v) is 4.76. The zero-order chi connectivity index (χ0) is 15.8. The summed E-state index contributed by atoms with van der Waals surface area (Å²) in [7, 11) is 0. The molecule has 1 aliphatic carbocycles. The van der Waals surface area contributed by atoms with Gasteiger partial charge >= 0.3 is 0 Å². The highest BCUT2D eigenvalue weighted by atomic mass is 79.9. The van der Waals surface area contributed by atoms with Gasteiger partial charge in [-0.15, -0.1) is 0 Å². The van der Waals surface area contributed by atoms with Gasteiger partial charge in [0, 0.05) is 22.2 Å². The Morgan fingerprint density at radius 2 is 1.96 bits per heavy atom. The summed E-state index contributed by atoms with van der Waals surface area (Å²) in [4.78, 5) is 0. The lowest BCUT2D eigenvalue weighted by atomic mass is 9.75. The minimum absolute atomic E-state index is 0.552. The minimum Gasteiger partial charge on any atom is -0.398 e. The predicted octanol–water partition coefficient (Wildman–Crippen LogP) is 4.11. The van der Waals surface area contributed by atoms with Crippen molar-refractivity contribution >= 4 is 21.6 Å². The van der Waals surface area contributed by atoms with E-state index in [4.69, 9.17) is 5.73 Å². The van der Waals surface area contributed by atoms with Crippen LogP contribution in [0.15, 0.2) is 46.9 Å². The molecule has 2 bridgehead atoms. The zero-order valence-corrected chi connectivity index (χ0v) is 14.9. The molecule has 2 heterocycles. The first-order chi connectivity index (χ1) is 11.2. The molecule has 0 radical (unpaired) electrons. The Kier molecular flexibility index (Phi) is 4.16. The van der Waals surface area contributed by atoms with Crippen LogP contribution < -0.4 is 11.1 Å². The smallest absolute Gasteiger partial charge is 0.0349 e.